The van der Waals surface area contributed by atoms with Crippen LogP contribution in [0.5, 0.6) is 11.5 Å². The monoisotopic (exact) mass is 396 g/mol. The van der Waals surface area contributed by atoms with E-state index in [0.717, 1.165) is 23.2 Å². The zero-order valence-corrected chi connectivity index (χ0v) is 17.4. The van der Waals surface area contributed by atoms with Gasteiger partial charge in [0.15, 0.2) is 11.5 Å². The Kier molecular flexibility index (Phi) is 8.27. The van der Waals surface area contributed by atoms with Crippen molar-refractivity contribution in [1.82, 2.24) is 4.90 Å². The molecule has 0 aliphatic carbocycles. The highest BCUT2D eigenvalue weighted by atomic mass is 16.5. The summed E-state index contributed by atoms with van der Waals surface area (Å²) in [6, 6.07) is 13.1. The largest absolute Gasteiger partial charge is 0.493 e. The lowest BCUT2D eigenvalue weighted by molar-refractivity contribution is -0.129. The number of rotatable bonds is 9. The summed E-state index contributed by atoms with van der Waals surface area (Å²) in [6.07, 6.45) is 3.94. The molecule has 0 fully saturated rings. The topological polar surface area (TPSA) is 67.9 Å². The Morgan fingerprint density at radius 2 is 1.86 bits per heavy atom. The van der Waals surface area contributed by atoms with Crippen molar-refractivity contribution in [2.24, 2.45) is 0 Å². The number of nitrogens with zero attached hydrogens (tertiary/aromatic N) is 1. The second-order valence-corrected chi connectivity index (χ2v) is 6.43. The number of hydrogen-bond acceptors (Lipinski definition) is 4. The van der Waals surface area contributed by atoms with Gasteiger partial charge in [0, 0.05) is 18.8 Å². The SMILES string of the molecule is CCOc1cc(/C=C/C(=O)N(C)CC(=O)Nc2ccccc2CC)ccc1OC. The van der Waals surface area contributed by atoms with Gasteiger partial charge >= 0.3 is 0 Å². The molecule has 2 amide bonds. The van der Waals surface area contributed by atoms with Gasteiger partial charge in [0.1, 0.15) is 0 Å². The zero-order valence-electron chi connectivity index (χ0n) is 17.4. The van der Waals surface area contributed by atoms with Gasteiger partial charge in [0.2, 0.25) is 11.8 Å². The number of aryl methyl sites for hydroxylation is 1. The van der Waals surface area contributed by atoms with Crippen molar-refractivity contribution < 1.29 is 19.1 Å². The van der Waals surface area contributed by atoms with Crippen LogP contribution in [-0.2, 0) is 16.0 Å². The molecule has 0 unspecified atom stereocenters. The summed E-state index contributed by atoms with van der Waals surface area (Å²) in [4.78, 5) is 26.0. The molecule has 0 atom stereocenters. The summed E-state index contributed by atoms with van der Waals surface area (Å²) in [5, 5.41) is 2.87. The molecule has 2 aromatic rings. The van der Waals surface area contributed by atoms with E-state index in [4.69, 9.17) is 9.47 Å². The van der Waals surface area contributed by atoms with Crippen LogP contribution >= 0.6 is 0 Å². The number of ether oxygens (including phenoxy) is 2. The van der Waals surface area contributed by atoms with Crippen LogP contribution in [0, 0.1) is 0 Å². The predicted octanol–water partition coefficient (Wildman–Crippen LogP) is 3.77. The molecular formula is C23H28N2O4. The van der Waals surface area contributed by atoms with Crippen LogP contribution in [0.4, 0.5) is 5.69 Å². The Hall–Kier alpha value is -3.28. The Bertz CT molecular complexity index is 877. The number of methoxy groups -OCH3 is 1. The maximum absolute atomic E-state index is 12.4. The Morgan fingerprint density at radius 3 is 2.55 bits per heavy atom. The van der Waals surface area contributed by atoms with Gasteiger partial charge in [-0.3, -0.25) is 9.59 Å². The minimum absolute atomic E-state index is 0.0337. The van der Waals surface area contributed by atoms with Gasteiger partial charge in [0.25, 0.3) is 0 Å². The fraction of sp³-hybridized carbons (Fsp3) is 0.304. The fourth-order valence-corrected chi connectivity index (χ4v) is 2.79. The third-order valence-electron chi connectivity index (χ3n) is 4.34. The summed E-state index contributed by atoms with van der Waals surface area (Å²) in [6.45, 7) is 4.40. The van der Waals surface area contributed by atoms with E-state index in [2.05, 4.69) is 5.32 Å². The van der Waals surface area contributed by atoms with E-state index in [1.807, 2.05) is 44.2 Å². The van der Waals surface area contributed by atoms with E-state index in [9.17, 15) is 9.59 Å². The van der Waals surface area contributed by atoms with Gasteiger partial charge in [-0.15, -0.1) is 0 Å². The minimum atomic E-state index is -0.266. The highest BCUT2D eigenvalue weighted by Crippen LogP contribution is 2.28. The number of likely N-dealkylation sites (N-methyl/N-ethyl adjacent to an activating group) is 1. The molecule has 2 rings (SSSR count). The second-order valence-electron chi connectivity index (χ2n) is 6.43. The number of amides is 2. The number of nitrogens with one attached hydrogen (secondary N) is 1. The molecule has 0 heterocycles. The molecule has 6 nitrogen and oxygen atoms in total. The Balaban J connectivity index is 1.97. The lowest BCUT2D eigenvalue weighted by Gasteiger charge is -2.16. The molecule has 0 bridgehead atoms. The molecule has 2 aromatic carbocycles. The molecule has 0 saturated carbocycles. The fourth-order valence-electron chi connectivity index (χ4n) is 2.79. The Morgan fingerprint density at radius 1 is 1.10 bits per heavy atom. The van der Waals surface area contributed by atoms with Crippen LogP contribution in [0.15, 0.2) is 48.5 Å². The highest BCUT2D eigenvalue weighted by Gasteiger charge is 2.12. The predicted molar refractivity (Wildman–Crippen MR) is 115 cm³/mol. The van der Waals surface area contributed by atoms with Gasteiger partial charge in [-0.25, -0.2) is 0 Å². The minimum Gasteiger partial charge on any atom is -0.493 e. The Labute approximate surface area is 172 Å². The molecule has 0 radical (unpaired) electrons. The molecule has 0 saturated heterocycles. The third-order valence-corrected chi connectivity index (χ3v) is 4.34. The first kappa shape index (κ1) is 22.0. The van der Waals surface area contributed by atoms with Crippen LogP contribution in [0.25, 0.3) is 6.08 Å². The number of hydrogen-bond donors (Lipinski definition) is 1. The standard InChI is InChI=1S/C23H28N2O4/c1-5-18-9-7-8-10-19(18)24-22(26)16-25(3)23(27)14-12-17-11-13-20(28-4)21(15-17)29-6-2/h7-15H,5-6,16H2,1-4H3,(H,24,26)/b14-12+. The zero-order chi connectivity index (χ0) is 21.2. The molecule has 0 aliphatic rings. The van der Waals surface area contributed by atoms with Crippen LogP contribution in [0.1, 0.15) is 25.0 Å². The highest BCUT2D eigenvalue weighted by molar-refractivity contribution is 5.98. The number of para-hydroxylation sites is 1. The normalized spacial score (nSPS) is 10.6. The summed E-state index contributed by atoms with van der Waals surface area (Å²) >= 11 is 0. The number of carbonyl (C=O) groups excluding carboxylic acids is 2. The quantitative estimate of drug-likeness (QED) is 0.655. The lowest BCUT2D eigenvalue weighted by Crippen LogP contribution is -2.34. The molecule has 1 N–H and O–H groups in total. The third kappa shape index (κ3) is 6.38. The molecule has 0 aliphatic heterocycles. The van der Waals surface area contributed by atoms with Crippen molar-refractivity contribution in [2.75, 3.05) is 32.6 Å². The van der Waals surface area contributed by atoms with E-state index in [-0.39, 0.29) is 18.4 Å². The number of carbonyl (C=O) groups is 2. The van der Waals surface area contributed by atoms with Gasteiger partial charge in [-0.1, -0.05) is 31.2 Å². The average molecular weight is 396 g/mol. The van der Waals surface area contributed by atoms with Crippen molar-refractivity contribution in [3.8, 4) is 11.5 Å². The molecule has 0 aromatic heterocycles. The van der Waals surface area contributed by atoms with E-state index >= 15 is 0 Å². The number of benzene rings is 2. The first-order chi connectivity index (χ1) is 14.0. The maximum Gasteiger partial charge on any atom is 0.246 e. The van der Waals surface area contributed by atoms with Gasteiger partial charge in [0.05, 0.1) is 20.3 Å². The van der Waals surface area contributed by atoms with Crippen LogP contribution in [0.3, 0.4) is 0 Å². The molecule has 6 heteroatoms. The molecule has 0 spiro atoms. The van der Waals surface area contributed by atoms with Crippen molar-refractivity contribution in [3.63, 3.8) is 0 Å². The van der Waals surface area contributed by atoms with Gasteiger partial charge in [-0.05, 0) is 48.7 Å². The summed E-state index contributed by atoms with van der Waals surface area (Å²) in [5.41, 5.74) is 2.63. The number of anilines is 1. The van der Waals surface area contributed by atoms with Crippen molar-refractivity contribution in [1.29, 1.82) is 0 Å². The van der Waals surface area contributed by atoms with E-state index in [1.54, 1.807) is 32.4 Å². The summed E-state index contributed by atoms with van der Waals surface area (Å²) in [5.74, 6) is 0.749. The first-order valence-electron chi connectivity index (χ1n) is 9.60. The summed E-state index contributed by atoms with van der Waals surface area (Å²) in [7, 11) is 3.17. The molecule has 29 heavy (non-hydrogen) atoms. The second kappa shape index (κ2) is 10.9. The van der Waals surface area contributed by atoms with Gasteiger partial charge < -0.3 is 19.7 Å². The molecule has 154 valence electrons. The van der Waals surface area contributed by atoms with Crippen LogP contribution in [-0.4, -0.2) is 44.0 Å². The van der Waals surface area contributed by atoms with Crippen molar-refractivity contribution in [3.05, 3.63) is 59.7 Å². The van der Waals surface area contributed by atoms with Crippen LogP contribution in [0.2, 0.25) is 0 Å². The average Bonchev–Trinajstić information content (AvgIpc) is 2.72. The van der Waals surface area contributed by atoms with Gasteiger partial charge in [-0.2, -0.15) is 0 Å². The van der Waals surface area contributed by atoms with Crippen LogP contribution < -0.4 is 14.8 Å². The van der Waals surface area contributed by atoms with Crippen molar-refractivity contribution >= 4 is 23.6 Å². The summed E-state index contributed by atoms with van der Waals surface area (Å²) < 4.78 is 10.8. The molecular weight excluding hydrogens is 368 g/mol. The first-order valence-corrected chi connectivity index (χ1v) is 9.60. The van der Waals surface area contributed by atoms with Crippen molar-refractivity contribution in [2.45, 2.75) is 20.3 Å². The maximum atomic E-state index is 12.4. The lowest BCUT2D eigenvalue weighted by atomic mass is 10.1. The smallest absolute Gasteiger partial charge is 0.246 e. The van der Waals surface area contributed by atoms with E-state index in [0.29, 0.717) is 18.1 Å². The van der Waals surface area contributed by atoms with E-state index in [1.165, 1.54) is 11.0 Å². The van der Waals surface area contributed by atoms with E-state index < -0.39 is 0 Å².